The lowest BCUT2D eigenvalue weighted by Gasteiger charge is -2.09. The van der Waals surface area contributed by atoms with Gasteiger partial charge in [-0.05, 0) is 30.3 Å². The van der Waals surface area contributed by atoms with Gasteiger partial charge in [-0.2, -0.15) is 0 Å². The zero-order valence-electron chi connectivity index (χ0n) is 10.9. The number of benzene rings is 2. The third-order valence-electron chi connectivity index (χ3n) is 2.64. The highest BCUT2D eigenvalue weighted by Crippen LogP contribution is 2.25. The van der Waals surface area contributed by atoms with E-state index in [9.17, 15) is 14.0 Å². The number of carbonyl (C=O) groups is 2. The Morgan fingerprint density at radius 3 is 2.43 bits per heavy atom. The molecule has 0 aliphatic heterocycles. The van der Waals surface area contributed by atoms with Crippen LogP contribution in [0.25, 0.3) is 0 Å². The minimum atomic E-state index is -0.916. The van der Waals surface area contributed by atoms with Crippen molar-refractivity contribution in [3.8, 4) is 5.75 Å². The lowest BCUT2D eigenvalue weighted by atomic mass is 10.2. The highest BCUT2D eigenvalue weighted by atomic mass is 35.5. The maximum Gasteiger partial charge on any atom is 0.346 e. The van der Waals surface area contributed by atoms with Crippen molar-refractivity contribution in [2.75, 3.05) is 7.11 Å². The van der Waals surface area contributed by atoms with E-state index in [1.54, 1.807) is 0 Å². The Hall–Kier alpha value is -2.40. The maximum atomic E-state index is 13.5. The van der Waals surface area contributed by atoms with Crippen molar-refractivity contribution in [2.24, 2.45) is 0 Å². The summed E-state index contributed by atoms with van der Waals surface area (Å²) < 4.78 is 23.2. The average molecular weight is 309 g/mol. The minimum Gasteiger partial charge on any atom is -0.465 e. The van der Waals surface area contributed by atoms with Gasteiger partial charge in [-0.1, -0.05) is 23.7 Å². The van der Waals surface area contributed by atoms with Gasteiger partial charge in [-0.25, -0.2) is 14.0 Å². The summed E-state index contributed by atoms with van der Waals surface area (Å²) in [7, 11) is 1.19. The van der Waals surface area contributed by atoms with Crippen LogP contribution < -0.4 is 4.74 Å². The zero-order chi connectivity index (χ0) is 15.4. The van der Waals surface area contributed by atoms with Crippen LogP contribution >= 0.6 is 11.6 Å². The summed E-state index contributed by atoms with van der Waals surface area (Å²) in [5, 5.41) is 0.279. The number of ether oxygens (including phenoxy) is 2. The van der Waals surface area contributed by atoms with E-state index in [0.717, 1.165) is 6.07 Å². The fourth-order valence-electron chi connectivity index (χ4n) is 1.64. The molecule has 2 aromatic rings. The molecule has 0 aliphatic rings. The van der Waals surface area contributed by atoms with Crippen LogP contribution in [0.15, 0.2) is 42.5 Å². The maximum absolute atomic E-state index is 13.5. The van der Waals surface area contributed by atoms with Crippen LogP contribution in [0.1, 0.15) is 20.7 Å². The number of hydrogen-bond acceptors (Lipinski definition) is 4. The molecule has 6 heteroatoms. The molecule has 2 rings (SSSR count). The van der Waals surface area contributed by atoms with Crippen molar-refractivity contribution in [2.45, 2.75) is 0 Å². The molecule has 0 heterocycles. The first-order valence-electron chi connectivity index (χ1n) is 5.87. The van der Waals surface area contributed by atoms with Crippen LogP contribution in [-0.4, -0.2) is 19.0 Å². The Bertz CT molecular complexity index is 700. The van der Waals surface area contributed by atoms with Gasteiger partial charge in [-0.3, -0.25) is 0 Å². The summed E-state index contributed by atoms with van der Waals surface area (Å²) in [6.45, 7) is 0. The molecule has 0 amide bonds. The van der Waals surface area contributed by atoms with Gasteiger partial charge in [-0.15, -0.1) is 0 Å². The Kier molecular flexibility index (Phi) is 4.55. The summed E-state index contributed by atoms with van der Waals surface area (Å²) in [5.41, 5.74) is -0.252. The SMILES string of the molecule is COC(=O)c1cc(Cl)ccc1OC(=O)c1ccccc1F. The van der Waals surface area contributed by atoms with Crippen LogP contribution in [0.5, 0.6) is 5.75 Å². The topological polar surface area (TPSA) is 52.6 Å². The molecular weight excluding hydrogens is 299 g/mol. The van der Waals surface area contributed by atoms with E-state index in [0.29, 0.717) is 0 Å². The van der Waals surface area contributed by atoms with Gasteiger partial charge in [0.05, 0.1) is 12.7 Å². The molecule has 0 aliphatic carbocycles. The molecule has 2 aromatic carbocycles. The average Bonchev–Trinajstić information content (AvgIpc) is 2.48. The fraction of sp³-hybridized carbons (Fsp3) is 0.0667. The van der Waals surface area contributed by atoms with Crippen molar-refractivity contribution in [1.82, 2.24) is 0 Å². The largest absolute Gasteiger partial charge is 0.465 e. The van der Waals surface area contributed by atoms with Gasteiger partial charge in [0.1, 0.15) is 17.1 Å². The van der Waals surface area contributed by atoms with Crippen molar-refractivity contribution >= 4 is 23.5 Å². The molecule has 108 valence electrons. The smallest absolute Gasteiger partial charge is 0.346 e. The highest BCUT2D eigenvalue weighted by Gasteiger charge is 2.19. The van der Waals surface area contributed by atoms with Crippen LogP contribution in [0.3, 0.4) is 0 Å². The van der Waals surface area contributed by atoms with Gasteiger partial charge in [0.15, 0.2) is 0 Å². The fourth-order valence-corrected chi connectivity index (χ4v) is 1.81. The molecule has 0 N–H and O–H groups in total. The normalized spacial score (nSPS) is 10.0. The Balaban J connectivity index is 2.34. The highest BCUT2D eigenvalue weighted by molar-refractivity contribution is 6.31. The van der Waals surface area contributed by atoms with Gasteiger partial charge in [0.2, 0.25) is 0 Å². The zero-order valence-corrected chi connectivity index (χ0v) is 11.7. The van der Waals surface area contributed by atoms with Crippen LogP contribution in [-0.2, 0) is 4.74 Å². The molecule has 0 atom stereocenters. The summed E-state index contributed by atoms with van der Waals surface area (Å²) in [4.78, 5) is 23.6. The van der Waals surface area contributed by atoms with Crippen molar-refractivity contribution < 1.29 is 23.5 Å². The van der Waals surface area contributed by atoms with Gasteiger partial charge >= 0.3 is 11.9 Å². The van der Waals surface area contributed by atoms with Crippen molar-refractivity contribution in [3.05, 3.63) is 64.4 Å². The number of methoxy groups -OCH3 is 1. The third kappa shape index (κ3) is 3.38. The second-order valence-corrected chi connectivity index (χ2v) is 4.44. The second-order valence-electron chi connectivity index (χ2n) is 4.00. The third-order valence-corrected chi connectivity index (χ3v) is 2.88. The van der Waals surface area contributed by atoms with E-state index in [1.807, 2.05) is 0 Å². The molecule has 0 spiro atoms. The second kappa shape index (κ2) is 6.37. The number of rotatable bonds is 3. The minimum absolute atomic E-state index is 0.0188. The molecule has 0 aromatic heterocycles. The van der Waals surface area contributed by atoms with E-state index in [1.165, 1.54) is 43.5 Å². The predicted octanol–water partition coefficient (Wildman–Crippen LogP) is 3.48. The molecule has 0 radical (unpaired) electrons. The molecule has 0 unspecified atom stereocenters. The lowest BCUT2D eigenvalue weighted by molar-refractivity contribution is 0.0593. The van der Waals surface area contributed by atoms with E-state index in [4.69, 9.17) is 16.3 Å². The molecule has 0 saturated heterocycles. The first kappa shape index (κ1) is 15.0. The number of esters is 2. The first-order valence-corrected chi connectivity index (χ1v) is 6.25. The van der Waals surface area contributed by atoms with E-state index in [2.05, 4.69) is 4.74 Å². The summed E-state index contributed by atoms with van der Waals surface area (Å²) in [5.74, 6) is -2.40. The van der Waals surface area contributed by atoms with E-state index < -0.39 is 17.8 Å². The van der Waals surface area contributed by atoms with Gasteiger partial charge < -0.3 is 9.47 Å². The quantitative estimate of drug-likeness (QED) is 0.643. The summed E-state index contributed by atoms with van der Waals surface area (Å²) >= 11 is 5.79. The first-order chi connectivity index (χ1) is 10.0. The Morgan fingerprint density at radius 2 is 1.76 bits per heavy atom. The Labute approximate surface area is 125 Å². The molecular formula is C15H10ClFO4. The number of carbonyl (C=O) groups excluding carboxylic acids is 2. The van der Waals surface area contributed by atoms with Crippen LogP contribution in [0.2, 0.25) is 5.02 Å². The Morgan fingerprint density at radius 1 is 1.05 bits per heavy atom. The predicted molar refractivity (Wildman–Crippen MR) is 74.2 cm³/mol. The number of hydrogen-bond donors (Lipinski definition) is 0. The van der Waals surface area contributed by atoms with Gasteiger partial charge in [0, 0.05) is 5.02 Å². The standard InChI is InChI=1S/C15H10ClFO4/c1-20-14(18)11-8-9(16)6-7-13(11)21-15(19)10-4-2-3-5-12(10)17/h2-8H,1H3. The molecule has 0 saturated carbocycles. The summed E-state index contributed by atoms with van der Waals surface area (Å²) in [6, 6.07) is 9.46. The number of halogens is 2. The van der Waals surface area contributed by atoms with Crippen LogP contribution in [0, 0.1) is 5.82 Å². The lowest BCUT2D eigenvalue weighted by Crippen LogP contribution is -2.13. The summed E-state index contributed by atoms with van der Waals surface area (Å²) in [6.07, 6.45) is 0. The van der Waals surface area contributed by atoms with E-state index in [-0.39, 0.29) is 21.9 Å². The van der Waals surface area contributed by atoms with E-state index >= 15 is 0 Å². The molecule has 21 heavy (non-hydrogen) atoms. The molecule has 0 fully saturated rings. The van der Waals surface area contributed by atoms with Gasteiger partial charge in [0.25, 0.3) is 0 Å². The molecule has 4 nitrogen and oxygen atoms in total. The van der Waals surface area contributed by atoms with Crippen LogP contribution in [0.4, 0.5) is 4.39 Å². The van der Waals surface area contributed by atoms with Crippen molar-refractivity contribution in [3.63, 3.8) is 0 Å². The molecule has 0 bridgehead atoms. The monoisotopic (exact) mass is 308 g/mol. The van der Waals surface area contributed by atoms with Crippen molar-refractivity contribution in [1.29, 1.82) is 0 Å².